The monoisotopic (exact) mass is 147 g/mol. The van der Waals surface area contributed by atoms with Crippen LogP contribution in [0.25, 0.3) is 0 Å². The van der Waals surface area contributed by atoms with Gasteiger partial charge in [-0.05, 0) is 12.1 Å². The maximum Gasteiger partial charge on any atom is 0.298 e. The fourth-order valence-corrected chi connectivity index (χ4v) is 0.714. The summed E-state index contributed by atoms with van der Waals surface area (Å²) in [4.78, 5) is 9.91. The number of nitriles is 1. The van der Waals surface area contributed by atoms with Crippen molar-refractivity contribution in [2.45, 2.75) is 0 Å². The lowest BCUT2D eigenvalue weighted by Crippen LogP contribution is -1.90. The molecule has 3 nitrogen and oxygen atoms in total. The van der Waals surface area contributed by atoms with Crippen LogP contribution < -0.4 is 4.74 Å². The van der Waals surface area contributed by atoms with Crippen molar-refractivity contribution in [1.29, 1.82) is 5.26 Å². The van der Waals surface area contributed by atoms with Gasteiger partial charge < -0.3 is 4.74 Å². The lowest BCUT2D eigenvalue weighted by atomic mass is 10.2. The number of benzene rings is 1. The molecule has 0 atom stereocenters. The minimum absolute atomic E-state index is 0.296. The van der Waals surface area contributed by atoms with E-state index in [1.165, 1.54) is 0 Å². The Morgan fingerprint density at radius 3 is 2.82 bits per heavy atom. The summed E-state index contributed by atoms with van der Waals surface area (Å²) in [6.45, 7) is 0.302. The Balaban J connectivity index is 3.04. The molecule has 0 aliphatic rings. The van der Waals surface area contributed by atoms with E-state index in [2.05, 4.69) is 4.74 Å². The van der Waals surface area contributed by atoms with Gasteiger partial charge in [-0.2, -0.15) is 5.26 Å². The minimum atomic E-state index is 0.296. The van der Waals surface area contributed by atoms with Crippen LogP contribution in [0.2, 0.25) is 0 Å². The zero-order valence-corrected chi connectivity index (χ0v) is 5.65. The van der Waals surface area contributed by atoms with E-state index in [0.29, 0.717) is 17.8 Å². The number of carbonyl (C=O) groups excluding carboxylic acids is 1. The third-order valence-corrected chi connectivity index (χ3v) is 1.18. The molecule has 0 spiro atoms. The molecule has 0 heterocycles. The minimum Gasteiger partial charge on any atom is -0.427 e. The molecule has 0 radical (unpaired) electrons. The van der Waals surface area contributed by atoms with Gasteiger partial charge in [0.25, 0.3) is 6.47 Å². The van der Waals surface area contributed by atoms with Crippen molar-refractivity contribution in [3.8, 4) is 11.8 Å². The van der Waals surface area contributed by atoms with Gasteiger partial charge in [0.1, 0.15) is 11.8 Å². The molecule has 54 valence electrons. The molecule has 0 saturated heterocycles. The second-order valence-corrected chi connectivity index (χ2v) is 1.82. The number of hydrogen-bond donors (Lipinski definition) is 0. The van der Waals surface area contributed by atoms with Gasteiger partial charge in [0.05, 0.1) is 5.56 Å². The first-order valence-electron chi connectivity index (χ1n) is 2.98. The number of ether oxygens (including phenoxy) is 1. The summed E-state index contributed by atoms with van der Waals surface area (Å²) in [6.07, 6.45) is 0. The lowest BCUT2D eigenvalue weighted by molar-refractivity contribution is -0.120. The second-order valence-electron chi connectivity index (χ2n) is 1.82. The van der Waals surface area contributed by atoms with Crippen molar-refractivity contribution in [3.05, 3.63) is 29.8 Å². The molecule has 0 bridgehead atoms. The largest absolute Gasteiger partial charge is 0.427 e. The van der Waals surface area contributed by atoms with Crippen LogP contribution in [-0.4, -0.2) is 6.47 Å². The van der Waals surface area contributed by atoms with Gasteiger partial charge in [-0.3, -0.25) is 4.79 Å². The molecule has 0 N–H and O–H groups in total. The van der Waals surface area contributed by atoms with Crippen LogP contribution in [0.5, 0.6) is 5.75 Å². The highest BCUT2D eigenvalue weighted by Crippen LogP contribution is 2.14. The first kappa shape index (κ1) is 7.29. The van der Waals surface area contributed by atoms with Crippen molar-refractivity contribution < 1.29 is 9.53 Å². The van der Waals surface area contributed by atoms with E-state index >= 15 is 0 Å². The van der Waals surface area contributed by atoms with Crippen LogP contribution in [0.1, 0.15) is 5.56 Å². The van der Waals surface area contributed by atoms with Crippen LogP contribution in [-0.2, 0) is 4.79 Å². The third-order valence-electron chi connectivity index (χ3n) is 1.18. The van der Waals surface area contributed by atoms with Crippen molar-refractivity contribution in [2.24, 2.45) is 0 Å². The molecule has 0 saturated carbocycles. The molecule has 1 aromatic carbocycles. The predicted molar refractivity (Wildman–Crippen MR) is 37.8 cm³/mol. The highest BCUT2D eigenvalue weighted by molar-refractivity contribution is 5.51. The fraction of sp³-hybridized carbons (Fsp3) is 0. The number of rotatable bonds is 2. The SMILES string of the molecule is N#Cc1ccccc1OC=O. The number of hydrogen-bond acceptors (Lipinski definition) is 3. The van der Waals surface area contributed by atoms with Crippen LogP contribution in [0.15, 0.2) is 24.3 Å². The van der Waals surface area contributed by atoms with Gasteiger partial charge in [-0.15, -0.1) is 0 Å². The standard InChI is InChI=1S/C8H5NO2/c9-5-7-3-1-2-4-8(7)11-6-10/h1-4,6H. The van der Waals surface area contributed by atoms with E-state index in [-0.39, 0.29) is 0 Å². The summed E-state index contributed by atoms with van der Waals surface area (Å²) < 4.78 is 4.52. The molecule has 11 heavy (non-hydrogen) atoms. The van der Waals surface area contributed by atoms with E-state index in [9.17, 15) is 4.79 Å². The van der Waals surface area contributed by atoms with Gasteiger partial charge in [-0.25, -0.2) is 0 Å². The fourth-order valence-electron chi connectivity index (χ4n) is 0.714. The average molecular weight is 147 g/mol. The molecule has 0 amide bonds. The van der Waals surface area contributed by atoms with E-state index in [1.807, 2.05) is 6.07 Å². The van der Waals surface area contributed by atoms with Crippen LogP contribution in [0.3, 0.4) is 0 Å². The molecular formula is C8H5NO2. The molecule has 1 rings (SSSR count). The normalized spacial score (nSPS) is 8.27. The van der Waals surface area contributed by atoms with Crippen LogP contribution >= 0.6 is 0 Å². The Labute approximate surface area is 63.8 Å². The molecule has 0 aliphatic heterocycles. The maximum absolute atomic E-state index is 9.91. The molecule has 0 fully saturated rings. The zero-order valence-electron chi connectivity index (χ0n) is 5.65. The van der Waals surface area contributed by atoms with Gasteiger partial charge in [-0.1, -0.05) is 12.1 Å². The number of para-hydroxylation sites is 1. The first-order chi connectivity index (χ1) is 5.38. The zero-order chi connectivity index (χ0) is 8.10. The Morgan fingerprint density at radius 2 is 2.18 bits per heavy atom. The van der Waals surface area contributed by atoms with Gasteiger partial charge in [0.2, 0.25) is 0 Å². The summed E-state index contributed by atoms with van der Waals surface area (Å²) >= 11 is 0. The highest BCUT2D eigenvalue weighted by Gasteiger charge is 1.98. The quantitative estimate of drug-likeness (QED) is 0.588. The lowest BCUT2D eigenvalue weighted by Gasteiger charge is -1.97. The summed E-state index contributed by atoms with van der Waals surface area (Å²) in [5.74, 6) is 0.296. The van der Waals surface area contributed by atoms with Crippen molar-refractivity contribution in [1.82, 2.24) is 0 Å². The van der Waals surface area contributed by atoms with E-state index in [0.717, 1.165) is 0 Å². The van der Waals surface area contributed by atoms with Crippen molar-refractivity contribution >= 4 is 6.47 Å². The predicted octanol–water partition coefficient (Wildman–Crippen LogP) is 1.09. The highest BCUT2D eigenvalue weighted by atomic mass is 16.5. The number of carbonyl (C=O) groups is 1. The van der Waals surface area contributed by atoms with Crippen LogP contribution in [0, 0.1) is 11.3 Å². The van der Waals surface area contributed by atoms with Gasteiger partial charge in [0, 0.05) is 0 Å². The summed E-state index contributed by atoms with van der Waals surface area (Å²) in [7, 11) is 0. The molecule has 1 aromatic rings. The molecule has 0 unspecified atom stereocenters. The van der Waals surface area contributed by atoms with Gasteiger partial charge >= 0.3 is 0 Å². The Morgan fingerprint density at radius 1 is 1.45 bits per heavy atom. The molecule has 3 heteroatoms. The molecule has 0 aliphatic carbocycles. The maximum atomic E-state index is 9.91. The average Bonchev–Trinajstić information content (AvgIpc) is 2.06. The van der Waals surface area contributed by atoms with Gasteiger partial charge in [0.15, 0.2) is 0 Å². The van der Waals surface area contributed by atoms with E-state index in [4.69, 9.17) is 5.26 Å². The first-order valence-corrected chi connectivity index (χ1v) is 2.98. The van der Waals surface area contributed by atoms with Crippen LogP contribution in [0.4, 0.5) is 0 Å². The Hall–Kier alpha value is -1.82. The molecule has 0 aromatic heterocycles. The smallest absolute Gasteiger partial charge is 0.298 e. The topological polar surface area (TPSA) is 50.1 Å². The van der Waals surface area contributed by atoms with Crippen molar-refractivity contribution in [3.63, 3.8) is 0 Å². The molecular weight excluding hydrogens is 142 g/mol. The summed E-state index contributed by atoms with van der Waals surface area (Å²) in [5.41, 5.74) is 0.361. The Kier molecular flexibility index (Phi) is 2.24. The third kappa shape index (κ3) is 1.55. The number of nitrogens with zero attached hydrogens (tertiary/aromatic N) is 1. The van der Waals surface area contributed by atoms with E-state index < -0.39 is 0 Å². The second kappa shape index (κ2) is 3.37. The van der Waals surface area contributed by atoms with Crippen molar-refractivity contribution in [2.75, 3.05) is 0 Å². The Bertz CT molecular complexity index is 301. The summed E-state index contributed by atoms with van der Waals surface area (Å²) in [5, 5.41) is 8.50. The summed E-state index contributed by atoms with van der Waals surface area (Å²) in [6, 6.07) is 8.44. The van der Waals surface area contributed by atoms with E-state index in [1.54, 1.807) is 24.3 Å².